The van der Waals surface area contributed by atoms with Crippen molar-refractivity contribution in [2.45, 2.75) is 296 Å². The molecule has 2 unspecified atom stereocenters. The molecule has 0 aliphatic heterocycles. The number of unbranched alkanes of at least 4 members (excludes halogenated alkanes) is 37. The number of phosphoric ester groups is 1. The van der Waals surface area contributed by atoms with Crippen LogP contribution in [0.4, 0.5) is 0 Å². The predicted molar refractivity (Wildman–Crippen MR) is 289 cm³/mol. The van der Waals surface area contributed by atoms with E-state index in [1.54, 1.807) is 0 Å². The molecule has 0 rings (SSSR count). The summed E-state index contributed by atoms with van der Waals surface area (Å²) < 4.78 is 33.7. The van der Waals surface area contributed by atoms with Crippen molar-refractivity contribution in [3.63, 3.8) is 0 Å². The van der Waals surface area contributed by atoms with Crippen molar-refractivity contribution in [1.82, 2.24) is 0 Å². The van der Waals surface area contributed by atoms with Crippen LogP contribution in [0, 0.1) is 0 Å². The lowest BCUT2D eigenvalue weighted by atomic mass is 10.0. The third kappa shape index (κ3) is 55.5. The molecule has 0 bridgehead atoms. The minimum Gasteiger partial charge on any atom is -0.457 e. The van der Waals surface area contributed by atoms with Gasteiger partial charge in [0.05, 0.1) is 19.8 Å². The zero-order valence-electron chi connectivity index (χ0n) is 44.4. The van der Waals surface area contributed by atoms with Crippen LogP contribution < -0.4 is 5.73 Å². The van der Waals surface area contributed by atoms with E-state index in [0.29, 0.717) is 13.0 Å². The smallest absolute Gasteiger partial charge is 0.457 e. The van der Waals surface area contributed by atoms with E-state index in [4.69, 9.17) is 24.3 Å². The van der Waals surface area contributed by atoms with Gasteiger partial charge in [-0.25, -0.2) is 4.57 Å². The summed E-state index contributed by atoms with van der Waals surface area (Å²) >= 11 is 0. The summed E-state index contributed by atoms with van der Waals surface area (Å²) in [6.07, 6.45) is 67.7. The summed E-state index contributed by atoms with van der Waals surface area (Å²) in [6, 6.07) is 0. The molecular formula is C58H112NO7P. The van der Waals surface area contributed by atoms with Crippen molar-refractivity contribution in [2.24, 2.45) is 5.73 Å². The molecule has 67 heavy (non-hydrogen) atoms. The minimum absolute atomic E-state index is 0.0942. The summed E-state index contributed by atoms with van der Waals surface area (Å²) in [7, 11) is -4.29. The quantitative estimate of drug-likeness (QED) is 0.0268. The monoisotopic (exact) mass is 966 g/mol. The Morgan fingerprint density at radius 3 is 1.18 bits per heavy atom. The number of esters is 1. The van der Waals surface area contributed by atoms with Crippen LogP contribution in [-0.4, -0.2) is 49.9 Å². The van der Waals surface area contributed by atoms with Crippen LogP contribution in [0.25, 0.3) is 0 Å². The number of hydrogen-bond donors (Lipinski definition) is 2. The first kappa shape index (κ1) is 65.7. The second-order valence-corrected chi connectivity index (χ2v) is 21.0. The third-order valence-corrected chi connectivity index (χ3v) is 13.8. The molecule has 0 aliphatic rings. The van der Waals surface area contributed by atoms with E-state index in [2.05, 4.69) is 50.3 Å². The van der Waals surface area contributed by atoms with E-state index >= 15 is 0 Å². The van der Waals surface area contributed by atoms with Crippen molar-refractivity contribution < 1.29 is 32.8 Å². The van der Waals surface area contributed by atoms with Crippen LogP contribution in [-0.2, 0) is 27.9 Å². The largest absolute Gasteiger partial charge is 0.472 e. The van der Waals surface area contributed by atoms with Crippen LogP contribution in [0.3, 0.4) is 0 Å². The molecule has 0 radical (unpaired) electrons. The Kier molecular flexibility index (Phi) is 54.6. The van der Waals surface area contributed by atoms with Crippen LogP contribution in [0.2, 0.25) is 0 Å². The molecule has 396 valence electrons. The van der Waals surface area contributed by atoms with Crippen molar-refractivity contribution in [3.05, 3.63) is 36.5 Å². The first-order chi connectivity index (χ1) is 32.9. The summed E-state index contributed by atoms with van der Waals surface area (Å²) in [5, 5.41) is 0. The molecule has 0 saturated carbocycles. The van der Waals surface area contributed by atoms with Crippen molar-refractivity contribution in [2.75, 3.05) is 33.0 Å². The molecule has 0 aliphatic carbocycles. The Bertz CT molecular complexity index is 1130. The fourth-order valence-electron chi connectivity index (χ4n) is 8.54. The Morgan fingerprint density at radius 1 is 0.448 bits per heavy atom. The normalized spacial score (nSPS) is 13.4. The van der Waals surface area contributed by atoms with E-state index in [-0.39, 0.29) is 32.3 Å². The van der Waals surface area contributed by atoms with Gasteiger partial charge in [-0.3, -0.25) is 13.8 Å². The summed E-state index contributed by atoms with van der Waals surface area (Å²) in [5.74, 6) is -0.324. The highest BCUT2D eigenvalue weighted by molar-refractivity contribution is 7.47. The molecule has 8 nitrogen and oxygen atoms in total. The Morgan fingerprint density at radius 2 is 0.791 bits per heavy atom. The maximum atomic E-state index is 12.7. The van der Waals surface area contributed by atoms with Crippen LogP contribution in [0.1, 0.15) is 290 Å². The highest BCUT2D eigenvalue weighted by Crippen LogP contribution is 2.43. The minimum atomic E-state index is -4.29. The van der Waals surface area contributed by atoms with Crippen LogP contribution in [0.5, 0.6) is 0 Å². The van der Waals surface area contributed by atoms with Gasteiger partial charge in [0.25, 0.3) is 0 Å². The highest BCUT2D eigenvalue weighted by atomic mass is 31.2. The van der Waals surface area contributed by atoms with E-state index in [1.165, 1.54) is 225 Å². The second-order valence-electron chi connectivity index (χ2n) is 19.5. The predicted octanol–water partition coefficient (Wildman–Crippen LogP) is 18.5. The molecule has 0 saturated heterocycles. The van der Waals surface area contributed by atoms with E-state index in [0.717, 1.165) is 44.9 Å². The molecule has 0 spiro atoms. The fourth-order valence-corrected chi connectivity index (χ4v) is 9.30. The lowest BCUT2D eigenvalue weighted by Crippen LogP contribution is -2.28. The van der Waals surface area contributed by atoms with Gasteiger partial charge < -0.3 is 20.1 Å². The number of ether oxygens (including phenoxy) is 2. The fraction of sp³-hybridized carbons (Fsp3) is 0.879. The molecule has 0 heterocycles. The Labute approximate surface area is 416 Å². The molecular weight excluding hydrogens is 854 g/mol. The second kappa shape index (κ2) is 55.6. The average molecular weight is 967 g/mol. The number of hydrogen-bond acceptors (Lipinski definition) is 7. The zero-order chi connectivity index (χ0) is 48.7. The van der Waals surface area contributed by atoms with E-state index in [1.807, 2.05) is 0 Å². The molecule has 0 aromatic heterocycles. The van der Waals surface area contributed by atoms with Gasteiger partial charge in [-0.15, -0.1) is 0 Å². The molecule has 0 fully saturated rings. The van der Waals surface area contributed by atoms with Gasteiger partial charge in [0.15, 0.2) is 0 Å². The third-order valence-electron chi connectivity index (χ3n) is 12.8. The van der Waals surface area contributed by atoms with E-state index in [9.17, 15) is 14.3 Å². The SMILES string of the molecule is CCCCCCC/C=C\C/C=C\C/C=C\CCCCCCCCCCCCCOCC(COP(=O)(O)OCCN)OC(=O)CCCCCCCCCCCCCCCCCCCCCCCC. The van der Waals surface area contributed by atoms with Gasteiger partial charge in [0, 0.05) is 19.6 Å². The molecule has 0 aromatic carbocycles. The first-order valence-corrected chi connectivity index (χ1v) is 30.5. The lowest BCUT2D eigenvalue weighted by molar-refractivity contribution is -0.154. The summed E-state index contributed by atoms with van der Waals surface area (Å²) in [5.41, 5.74) is 5.40. The van der Waals surface area contributed by atoms with Gasteiger partial charge in [-0.05, 0) is 51.4 Å². The standard InChI is InChI=1S/C58H112NO7P/c1-3-5-7-9-11-13-15-17-19-21-23-25-27-28-29-30-32-34-36-38-40-42-44-46-48-50-53-63-55-57(56-65-67(61,62)64-54-52-59)66-58(60)51-49-47-45-43-41-39-37-35-33-31-26-24-22-20-18-16-14-12-10-8-6-4-2/h15,17,21,23,27-28,57H,3-14,16,18-20,22,24-26,29-56,59H2,1-2H3,(H,61,62)/b17-15-,23-21-,28-27-. The van der Waals surface area contributed by atoms with Gasteiger partial charge in [0.2, 0.25) is 0 Å². The number of carbonyl (C=O) groups excluding carboxylic acids is 1. The maximum Gasteiger partial charge on any atom is 0.472 e. The first-order valence-electron chi connectivity index (χ1n) is 29.0. The van der Waals surface area contributed by atoms with Gasteiger partial charge in [0.1, 0.15) is 6.10 Å². The average Bonchev–Trinajstić information content (AvgIpc) is 3.32. The number of nitrogens with two attached hydrogens (primary N) is 1. The maximum absolute atomic E-state index is 12.7. The topological polar surface area (TPSA) is 117 Å². The van der Waals surface area contributed by atoms with Gasteiger partial charge >= 0.3 is 13.8 Å². The summed E-state index contributed by atoms with van der Waals surface area (Å²) in [4.78, 5) is 22.7. The number of allylic oxidation sites excluding steroid dienone is 6. The van der Waals surface area contributed by atoms with Crippen molar-refractivity contribution in [3.8, 4) is 0 Å². The Balaban J connectivity index is 3.86. The molecule has 0 amide bonds. The molecule has 0 aromatic rings. The summed E-state index contributed by atoms with van der Waals surface area (Å²) in [6.45, 7) is 4.97. The number of phosphoric acid groups is 1. The molecule has 3 N–H and O–H groups in total. The van der Waals surface area contributed by atoms with E-state index < -0.39 is 13.9 Å². The number of carbonyl (C=O) groups is 1. The molecule has 9 heteroatoms. The number of rotatable bonds is 56. The lowest BCUT2D eigenvalue weighted by Gasteiger charge is -2.20. The zero-order valence-corrected chi connectivity index (χ0v) is 45.3. The van der Waals surface area contributed by atoms with Gasteiger partial charge in [-0.2, -0.15) is 0 Å². The van der Waals surface area contributed by atoms with Crippen molar-refractivity contribution in [1.29, 1.82) is 0 Å². The Hall–Kier alpha value is -1.28. The van der Waals surface area contributed by atoms with Crippen molar-refractivity contribution >= 4 is 13.8 Å². The molecule has 2 atom stereocenters. The van der Waals surface area contributed by atoms with Crippen LogP contribution >= 0.6 is 7.82 Å². The highest BCUT2D eigenvalue weighted by Gasteiger charge is 2.25. The van der Waals surface area contributed by atoms with Crippen LogP contribution in [0.15, 0.2) is 36.5 Å². The van der Waals surface area contributed by atoms with Gasteiger partial charge in [-0.1, -0.05) is 269 Å².